The third-order valence-corrected chi connectivity index (χ3v) is 3.32. The Morgan fingerprint density at radius 3 is 2.90 bits per heavy atom. The Kier molecular flexibility index (Phi) is 3.02. The average molecular weight is 283 g/mol. The summed E-state index contributed by atoms with van der Waals surface area (Å²) in [7, 11) is 0. The number of nitrogens with two attached hydrogens (primary N) is 1. The molecule has 0 unspecified atom stereocenters. The first-order valence-corrected chi connectivity index (χ1v) is 6.37. The molecule has 2 heterocycles. The molecule has 7 heteroatoms. The number of anilines is 1. The highest BCUT2D eigenvalue weighted by atomic mass is 16.6. The van der Waals surface area contributed by atoms with E-state index in [9.17, 15) is 10.1 Å². The highest BCUT2D eigenvalue weighted by Crippen LogP contribution is 2.26. The Balaban J connectivity index is 1.99. The van der Waals surface area contributed by atoms with Gasteiger partial charge in [-0.25, -0.2) is 4.68 Å². The largest absolute Gasteiger partial charge is 0.378 e. The highest BCUT2D eigenvalue weighted by Gasteiger charge is 2.22. The van der Waals surface area contributed by atoms with E-state index in [0.29, 0.717) is 12.2 Å². The van der Waals surface area contributed by atoms with Crippen molar-refractivity contribution in [2.75, 3.05) is 5.73 Å². The van der Waals surface area contributed by atoms with Crippen LogP contribution in [0.3, 0.4) is 0 Å². The zero-order chi connectivity index (χ0) is 15.0. The SMILES string of the molecule is Cc1nn(Cc2ccc3ncccc3c2)c(N)c1[N+](=O)[O-]. The number of rotatable bonds is 3. The summed E-state index contributed by atoms with van der Waals surface area (Å²) in [5.74, 6) is 0.0729. The number of pyridine rings is 1. The van der Waals surface area contributed by atoms with E-state index in [-0.39, 0.29) is 11.5 Å². The molecular formula is C14H13N5O2. The van der Waals surface area contributed by atoms with Gasteiger partial charge in [-0.1, -0.05) is 12.1 Å². The Morgan fingerprint density at radius 2 is 2.19 bits per heavy atom. The van der Waals surface area contributed by atoms with Gasteiger partial charge in [0.25, 0.3) is 0 Å². The van der Waals surface area contributed by atoms with E-state index in [2.05, 4.69) is 10.1 Å². The Hall–Kier alpha value is -2.96. The van der Waals surface area contributed by atoms with Crippen LogP contribution in [0, 0.1) is 17.0 Å². The van der Waals surface area contributed by atoms with Crippen LogP contribution >= 0.6 is 0 Å². The predicted molar refractivity (Wildman–Crippen MR) is 78.9 cm³/mol. The predicted octanol–water partition coefficient (Wildman–Crippen LogP) is 2.28. The standard InChI is InChI=1S/C14H13N5O2/c1-9-13(19(20)21)14(15)18(17-9)8-10-4-5-12-11(7-10)3-2-6-16-12/h2-7H,8,15H2,1H3. The first kappa shape index (κ1) is 13.0. The Morgan fingerprint density at radius 1 is 1.38 bits per heavy atom. The second kappa shape index (κ2) is 4.86. The van der Waals surface area contributed by atoms with Crippen LogP contribution in [-0.2, 0) is 6.54 Å². The Bertz CT molecular complexity index is 840. The summed E-state index contributed by atoms with van der Waals surface area (Å²) in [4.78, 5) is 14.7. The van der Waals surface area contributed by atoms with Crippen molar-refractivity contribution in [2.24, 2.45) is 0 Å². The molecule has 0 amide bonds. The van der Waals surface area contributed by atoms with Crippen LogP contribution in [0.15, 0.2) is 36.5 Å². The van der Waals surface area contributed by atoms with Crippen molar-refractivity contribution in [3.8, 4) is 0 Å². The van der Waals surface area contributed by atoms with Gasteiger partial charge in [-0.05, 0) is 30.7 Å². The van der Waals surface area contributed by atoms with E-state index in [1.54, 1.807) is 13.1 Å². The van der Waals surface area contributed by atoms with Gasteiger partial charge < -0.3 is 5.73 Å². The van der Waals surface area contributed by atoms with Crippen molar-refractivity contribution in [2.45, 2.75) is 13.5 Å². The molecule has 0 aliphatic rings. The molecule has 0 atom stereocenters. The van der Waals surface area contributed by atoms with Gasteiger partial charge in [0.05, 0.1) is 17.0 Å². The maximum atomic E-state index is 10.9. The first-order chi connectivity index (χ1) is 10.1. The molecule has 0 radical (unpaired) electrons. The summed E-state index contributed by atoms with van der Waals surface area (Å²) in [6, 6.07) is 9.63. The maximum absolute atomic E-state index is 10.9. The normalized spacial score (nSPS) is 10.9. The molecule has 1 aromatic carbocycles. The zero-order valence-electron chi connectivity index (χ0n) is 11.4. The number of nitro groups is 1. The second-order valence-electron chi connectivity index (χ2n) is 4.76. The number of nitrogen functional groups attached to an aromatic ring is 1. The van der Waals surface area contributed by atoms with Crippen LogP contribution < -0.4 is 5.73 Å². The highest BCUT2D eigenvalue weighted by molar-refractivity contribution is 5.78. The van der Waals surface area contributed by atoms with Gasteiger partial charge in [-0.2, -0.15) is 5.10 Å². The smallest absolute Gasteiger partial charge is 0.333 e. The second-order valence-corrected chi connectivity index (χ2v) is 4.76. The van der Waals surface area contributed by atoms with Crippen molar-refractivity contribution in [1.82, 2.24) is 14.8 Å². The fraction of sp³-hybridized carbons (Fsp3) is 0.143. The van der Waals surface area contributed by atoms with Crippen molar-refractivity contribution >= 4 is 22.4 Å². The van der Waals surface area contributed by atoms with Crippen molar-refractivity contribution in [1.29, 1.82) is 0 Å². The minimum Gasteiger partial charge on any atom is -0.378 e. The molecular weight excluding hydrogens is 270 g/mol. The summed E-state index contributed by atoms with van der Waals surface area (Å²) >= 11 is 0. The van der Waals surface area contributed by atoms with Gasteiger partial charge in [0.2, 0.25) is 5.82 Å². The number of benzene rings is 1. The fourth-order valence-electron chi connectivity index (χ4n) is 2.33. The third kappa shape index (κ3) is 2.29. The lowest BCUT2D eigenvalue weighted by atomic mass is 10.1. The molecule has 0 bridgehead atoms. The number of hydrogen-bond donors (Lipinski definition) is 1. The molecule has 0 saturated carbocycles. The van der Waals surface area contributed by atoms with Crippen molar-refractivity contribution < 1.29 is 4.92 Å². The van der Waals surface area contributed by atoms with Gasteiger partial charge in [-0.3, -0.25) is 15.1 Å². The van der Waals surface area contributed by atoms with E-state index in [4.69, 9.17) is 5.73 Å². The minimum atomic E-state index is -0.502. The molecule has 0 fully saturated rings. The topological polar surface area (TPSA) is 99.9 Å². The summed E-state index contributed by atoms with van der Waals surface area (Å²) < 4.78 is 1.45. The molecule has 3 aromatic rings. The number of fused-ring (bicyclic) bond motifs is 1. The molecule has 2 aromatic heterocycles. The van der Waals surface area contributed by atoms with Crippen molar-refractivity contribution in [3.63, 3.8) is 0 Å². The van der Waals surface area contributed by atoms with Crippen molar-refractivity contribution in [3.05, 3.63) is 57.9 Å². The summed E-state index contributed by atoms with van der Waals surface area (Å²) in [6.07, 6.45) is 1.74. The summed E-state index contributed by atoms with van der Waals surface area (Å²) in [6.45, 7) is 1.96. The van der Waals surface area contributed by atoms with Gasteiger partial charge in [0.15, 0.2) is 0 Å². The quantitative estimate of drug-likeness (QED) is 0.587. The molecule has 3 rings (SSSR count). The summed E-state index contributed by atoms with van der Waals surface area (Å²) in [5.41, 5.74) is 7.86. The molecule has 106 valence electrons. The maximum Gasteiger partial charge on any atom is 0.333 e. The molecule has 7 nitrogen and oxygen atoms in total. The molecule has 2 N–H and O–H groups in total. The lowest BCUT2D eigenvalue weighted by Crippen LogP contribution is -2.06. The molecule has 0 spiro atoms. The van der Waals surface area contributed by atoms with Crippen LogP contribution in [0.4, 0.5) is 11.5 Å². The number of aryl methyl sites for hydroxylation is 1. The lowest BCUT2D eigenvalue weighted by Gasteiger charge is -2.05. The number of nitrogens with zero attached hydrogens (tertiary/aromatic N) is 4. The minimum absolute atomic E-state index is 0.0729. The zero-order valence-corrected chi connectivity index (χ0v) is 11.4. The summed E-state index contributed by atoms with van der Waals surface area (Å²) in [5, 5.41) is 16.1. The van der Waals surface area contributed by atoms with Crippen LogP contribution in [0.5, 0.6) is 0 Å². The van der Waals surface area contributed by atoms with Gasteiger partial charge >= 0.3 is 5.69 Å². The van der Waals surface area contributed by atoms with Crippen LogP contribution in [0.25, 0.3) is 10.9 Å². The monoisotopic (exact) mass is 283 g/mol. The van der Waals surface area contributed by atoms with Gasteiger partial charge in [0.1, 0.15) is 5.69 Å². The van der Waals surface area contributed by atoms with E-state index >= 15 is 0 Å². The molecule has 0 aliphatic heterocycles. The third-order valence-electron chi connectivity index (χ3n) is 3.32. The van der Waals surface area contributed by atoms with Crippen LogP contribution in [0.1, 0.15) is 11.3 Å². The average Bonchev–Trinajstić information content (AvgIpc) is 2.73. The van der Waals surface area contributed by atoms with Gasteiger partial charge in [-0.15, -0.1) is 0 Å². The van der Waals surface area contributed by atoms with Crippen LogP contribution in [-0.4, -0.2) is 19.7 Å². The van der Waals surface area contributed by atoms with E-state index in [1.165, 1.54) is 4.68 Å². The van der Waals surface area contributed by atoms with E-state index in [1.807, 2.05) is 30.3 Å². The first-order valence-electron chi connectivity index (χ1n) is 6.37. The number of aromatic nitrogens is 3. The fourth-order valence-corrected chi connectivity index (χ4v) is 2.33. The molecule has 21 heavy (non-hydrogen) atoms. The van der Waals surface area contributed by atoms with E-state index in [0.717, 1.165) is 16.5 Å². The van der Waals surface area contributed by atoms with Crippen LogP contribution in [0.2, 0.25) is 0 Å². The van der Waals surface area contributed by atoms with E-state index < -0.39 is 4.92 Å². The Labute approximate surface area is 120 Å². The van der Waals surface area contributed by atoms with Gasteiger partial charge in [0, 0.05) is 11.6 Å². The molecule has 0 saturated heterocycles. The molecule has 0 aliphatic carbocycles. The number of hydrogen-bond acceptors (Lipinski definition) is 5. The lowest BCUT2D eigenvalue weighted by molar-refractivity contribution is -0.384.